The van der Waals surface area contributed by atoms with Crippen molar-refractivity contribution in [1.29, 1.82) is 0 Å². The summed E-state index contributed by atoms with van der Waals surface area (Å²) in [5.41, 5.74) is 0. The minimum Gasteiger partial charge on any atom is -0.349 e. The van der Waals surface area contributed by atoms with Crippen LogP contribution in [0.25, 0.3) is 0 Å². The van der Waals surface area contributed by atoms with Gasteiger partial charge in [0.25, 0.3) is 0 Å². The number of nitrogens with zero attached hydrogens (tertiary/aromatic N) is 10. The van der Waals surface area contributed by atoms with Gasteiger partial charge in [-0.2, -0.15) is 0 Å². The summed E-state index contributed by atoms with van der Waals surface area (Å²) in [7, 11) is 22.4. The van der Waals surface area contributed by atoms with E-state index in [1.54, 1.807) is 0 Å². The van der Waals surface area contributed by atoms with Crippen LogP contribution in [0.5, 0.6) is 0 Å². The van der Waals surface area contributed by atoms with Gasteiger partial charge in [-0.05, 0) is 13.8 Å². The van der Waals surface area contributed by atoms with Crippen LogP contribution in [-0.2, 0) is 0 Å². The van der Waals surface area contributed by atoms with Crippen LogP contribution in [-0.4, -0.2) is 175 Å². The van der Waals surface area contributed by atoms with Crippen LogP contribution in [0.4, 0.5) is 0 Å². The molecule has 0 unspecified atom stereocenters. The Balaban J connectivity index is 5.37. The smallest absolute Gasteiger partial charge is 0.196 e. The van der Waals surface area contributed by atoms with Crippen molar-refractivity contribution >= 4 is 17.9 Å². The number of guanidine groups is 3. The molecule has 0 heterocycles. The van der Waals surface area contributed by atoms with Gasteiger partial charge in [-0.15, -0.1) is 0 Å². The first kappa shape index (κ1) is 30.8. The van der Waals surface area contributed by atoms with Gasteiger partial charge >= 0.3 is 0 Å². The molecular formula is C23H52N10. The van der Waals surface area contributed by atoms with Crippen LogP contribution >= 0.6 is 0 Å². The molecule has 0 aliphatic carbocycles. The Labute approximate surface area is 204 Å². The zero-order valence-electron chi connectivity index (χ0n) is 23.8. The molecule has 0 N–H and O–H groups in total. The lowest BCUT2D eigenvalue weighted by Gasteiger charge is -2.30. The molecule has 0 aromatic carbocycles. The second-order valence-corrected chi connectivity index (χ2v) is 9.56. The van der Waals surface area contributed by atoms with E-state index < -0.39 is 0 Å². The van der Waals surface area contributed by atoms with E-state index in [1.807, 2.05) is 90.1 Å². The third-order valence-electron chi connectivity index (χ3n) is 5.10. The van der Waals surface area contributed by atoms with E-state index in [0.29, 0.717) is 6.04 Å². The number of rotatable bonds is 10. The highest BCUT2D eigenvalue weighted by Crippen LogP contribution is 2.00. The van der Waals surface area contributed by atoms with Gasteiger partial charge in [-0.1, -0.05) is 0 Å². The fourth-order valence-electron chi connectivity index (χ4n) is 3.37. The number of hydrogen-bond acceptors (Lipinski definition) is 4. The molecule has 0 rings (SSSR count). The van der Waals surface area contributed by atoms with Crippen molar-refractivity contribution in [3.05, 3.63) is 0 Å². The van der Waals surface area contributed by atoms with Crippen molar-refractivity contribution < 1.29 is 0 Å². The molecule has 0 aromatic rings. The topological polar surface area (TPSA) is 59.8 Å². The minimum atomic E-state index is 0.400. The predicted molar refractivity (Wildman–Crippen MR) is 145 cm³/mol. The van der Waals surface area contributed by atoms with E-state index in [4.69, 9.17) is 15.0 Å². The average Bonchev–Trinajstić information content (AvgIpc) is 2.68. The highest BCUT2D eigenvalue weighted by molar-refractivity contribution is 5.80. The summed E-state index contributed by atoms with van der Waals surface area (Å²) < 4.78 is 0. The quantitative estimate of drug-likeness (QED) is 0.342. The van der Waals surface area contributed by atoms with Crippen molar-refractivity contribution in [2.45, 2.75) is 19.9 Å². The molecule has 0 saturated carbocycles. The fraction of sp³-hybridized carbons (Fsp3) is 0.870. The van der Waals surface area contributed by atoms with E-state index >= 15 is 0 Å². The van der Waals surface area contributed by atoms with Crippen LogP contribution in [0.2, 0.25) is 0 Å². The Morgan fingerprint density at radius 1 is 0.485 bits per heavy atom. The third-order valence-corrected chi connectivity index (χ3v) is 5.10. The van der Waals surface area contributed by atoms with Crippen molar-refractivity contribution in [3.8, 4) is 0 Å². The summed E-state index contributed by atoms with van der Waals surface area (Å²) in [4.78, 5) is 29.4. The van der Waals surface area contributed by atoms with Gasteiger partial charge in [0, 0.05) is 103 Å². The van der Waals surface area contributed by atoms with Crippen molar-refractivity contribution in [3.63, 3.8) is 0 Å². The molecule has 0 radical (unpaired) electrons. The highest BCUT2D eigenvalue weighted by Gasteiger charge is 2.13. The maximum atomic E-state index is 4.91. The fourth-order valence-corrected chi connectivity index (χ4v) is 3.37. The lowest BCUT2D eigenvalue weighted by Crippen LogP contribution is -2.42. The van der Waals surface area contributed by atoms with E-state index in [-0.39, 0.29) is 0 Å². The summed E-state index contributed by atoms with van der Waals surface area (Å²) in [6.45, 7) is 9.18. The highest BCUT2D eigenvalue weighted by atomic mass is 15.4. The SMILES string of the molecule is CC(C)N(C)C(=NCCN(CCN=C(N(C)C)N(C)C)CCN=C(N(C)C)N(C)C)N(C)C. The van der Waals surface area contributed by atoms with Gasteiger partial charge < -0.3 is 29.4 Å². The van der Waals surface area contributed by atoms with E-state index in [2.05, 4.69) is 35.6 Å². The van der Waals surface area contributed by atoms with E-state index in [0.717, 1.165) is 57.1 Å². The maximum Gasteiger partial charge on any atom is 0.196 e. The largest absolute Gasteiger partial charge is 0.349 e. The summed E-state index contributed by atoms with van der Waals surface area (Å²) in [6.07, 6.45) is 0. The molecule has 10 heteroatoms. The summed E-state index contributed by atoms with van der Waals surface area (Å²) in [5, 5.41) is 0. The van der Waals surface area contributed by atoms with Crippen molar-refractivity contribution in [1.82, 2.24) is 34.3 Å². The Hall–Kier alpha value is -2.23. The molecular weight excluding hydrogens is 416 g/mol. The molecule has 0 fully saturated rings. The summed E-state index contributed by atoms with van der Waals surface area (Å²) in [6, 6.07) is 0.400. The number of aliphatic imine (C=N–C) groups is 3. The molecule has 33 heavy (non-hydrogen) atoms. The van der Waals surface area contributed by atoms with Gasteiger partial charge in [0.2, 0.25) is 0 Å². The molecule has 194 valence electrons. The van der Waals surface area contributed by atoms with Crippen LogP contribution in [0.1, 0.15) is 13.8 Å². The Kier molecular flexibility index (Phi) is 14.5. The van der Waals surface area contributed by atoms with Crippen LogP contribution in [0.3, 0.4) is 0 Å². The molecule has 0 aliphatic heterocycles. The zero-order valence-corrected chi connectivity index (χ0v) is 23.8. The van der Waals surface area contributed by atoms with Crippen LogP contribution in [0, 0.1) is 0 Å². The zero-order chi connectivity index (χ0) is 25.7. The second kappa shape index (κ2) is 15.6. The minimum absolute atomic E-state index is 0.400. The molecule has 0 amide bonds. The van der Waals surface area contributed by atoms with E-state index in [1.165, 1.54) is 0 Å². The first-order valence-electron chi connectivity index (χ1n) is 11.7. The third kappa shape index (κ3) is 12.0. The van der Waals surface area contributed by atoms with Crippen molar-refractivity contribution in [2.75, 3.05) is 117 Å². The predicted octanol–water partition coefficient (Wildman–Crippen LogP) is 0.505. The summed E-state index contributed by atoms with van der Waals surface area (Å²) >= 11 is 0. The van der Waals surface area contributed by atoms with Gasteiger partial charge in [0.1, 0.15) is 0 Å². The standard InChI is InChI=1S/C23H52N10/c1-20(2)32(13)23(31(11)12)26-16-19-33(17-14-24-21(27(3)4)28(5)6)18-15-25-22(29(7)8)30(9)10/h20H,14-19H2,1-13H3. The lowest BCUT2D eigenvalue weighted by atomic mass is 10.3. The Morgan fingerprint density at radius 3 is 1.00 bits per heavy atom. The first-order chi connectivity index (χ1) is 15.3. The first-order valence-corrected chi connectivity index (χ1v) is 11.7. The number of hydrogen-bond donors (Lipinski definition) is 0. The second-order valence-electron chi connectivity index (χ2n) is 9.56. The summed E-state index contributed by atoms with van der Waals surface area (Å²) in [5.74, 6) is 2.95. The van der Waals surface area contributed by atoms with Gasteiger partial charge in [-0.25, -0.2) is 0 Å². The van der Waals surface area contributed by atoms with Gasteiger partial charge in [0.05, 0.1) is 19.6 Å². The Bertz CT molecular complexity index is 567. The molecule has 0 saturated heterocycles. The molecule has 10 nitrogen and oxygen atoms in total. The molecule has 0 aromatic heterocycles. The monoisotopic (exact) mass is 468 g/mol. The maximum absolute atomic E-state index is 4.91. The lowest BCUT2D eigenvalue weighted by molar-refractivity contribution is 0.293. The molecule has 0 bridgehead atoms. The molecule has 0 spiro atoms. The molecule has 0 atom stereocenters. The van der Waals surface area contributed by atoms with Crippen LogP contribution < -0.4 is 0 Å². The Morgan fingerprint density at radius 2 is 0.758 bits per heavy atom. The van der Waals surface area contributed by atoms with Gasteiger partial charge in [0.15, 0.2) is 17.9 Å². The van der Waals surface area contributed by atoms with E-state index in [9.17, 15) is 0 Å². The van der Waals surface area contributed by atoms with Gasteiger partial charge in [-0.3, -0.25) is 19.9 Å². The molecule has 0 aliphatic rings. The normalized spacial score (nSPS) is 11.4. The van der Waals surface area contributed by atoms with Crippen molar-refractivity contribution in [2.24, 2.45) is 15.0 Å². The van der Waals surface area contributed by atoms with Crippen LogP contribution in [0.15, 0.2) is 15.0 Å². The average molecular weight is 469 g/mol.